The zero-order valence-corrected chi connectivity index (χ0v) is 12.4. The monoisotopic (exact) mass is 297 g/mol. The molecule has 0 fully saturated rings. The summed E-state index contributed by atoms with van der Waals surface area (Å²) in [5.74, 6) is -0.277. The van der Waals surface area contributed by atoms with Gasteiger partial charge in [-0.25, -0.2) is 4.21 Å². The number of nitrogens with one attached hydrogen (secondary N) is 1. The number of carbonyl (C=O) groups is 1. The zero-order valence-electron chi connectivity index (χ0n) is 11.6. The number of fused-ring (bicyclic) bond motifs is 1. The highest BCUT2D eigenvalue weighted by atomic mass is 32.2. The van der Waals surface area contributed by atoms with Crippen molar-refractivity contribution in [1.82, 2.24) is 5.32 Å². The first-order valence-electron chi connectivity index (χ1n) is 6.75. The maximum absolute atomic E-state index is 12.3. The molecule has 0 bridgehead atoms. The van der Waals surface area contributed by atoms with Gasteiger partial charge in [-0.3, -0.25) is 4.79 Å². The summed E-state index contributed by atoms with van der Waals surface area (Å²) in [7, 11) is -1.39. The van der Waals surface area contributed by atoms with Crippen molar-refractivity contribution in [1.29, 1.82) is 0 Å². The quantitative estimate of drug-likeness (QED) is 0.946. The van der Waals surface area contributed by atoms with Crippen LogP contribution >= 0.6 is 0 Å². The number of amides is 1. The van der Waals surface area contributed by atoms with E-state index in [0.717, 1.165) is 11.1 Å². The lowest BCUT2D eigenvalue weighted by Gasteiger charge is -2.14. The fourth-order valence-electron chi connectivity index (χ4n) is 2.32. The van der Waals surface area contributed by atoms with Crippen molar-refractivity contribution in [2.24, 2.45) is 0 Å². The van der Waals surface area contributed by atoms with Gasteiger partial charge in [-0.15, -0.1) is 0 Å². The van der Waals surface area contributed by atoms with Crippen molar-refractivity contribution in [3.8, 4) is 0 Å². The number of hydrogen-bond acceptors (Lipinski definition) is 2. The standard InChI is InChI=1S/C17H15NO2S/c1-12(13-7-3-2-4-8-13)18-17(19)16-11-14-9-5-6-10-15(14)21(16)20/h2-12H,1H3,(H,18,19). The van der Waals surface area contributed by atoms with E-state index in [1.165, 1.54) is 0 Å². The third-order valence-corrected chi connectivity index (χ3v) is 4.95. The van der Waals surface area contributed by atoms with Crippen LogP contribution in [0.25, 0.3) is 6.08 Å². The lowest BCUT2D eigenvalue weighted by atomic mass is 10.1. The summed E-state index contributed by atoms with van der Waals surface area (Å²) in [6, 6.07) is 17.0. The summed E-state index contributed by atoms with van der Waals surface area (Å²) >= 11 is 0. The molecule has 1 aliphatic heterocycles. The van der Waals surface area contributed by atoms with Gasteiger partial charge < -0.3 is 5.32 Å². The van der Waals surface area contributed by atoms with Crippen LogP contribution in [-0.4, -0.2) is 10.1 Å². The Bertz CT molecular complexity index is 737. The van der Waals surface area contributed by atoms with Gasteiger partial charge in [0.1, 0.15) is 4.91 Å². The predicted molar refractivity (Wildman–Crippen MR) is 83.8 cm³/mol. The van der Waals surface area contributed by atoms with E-state index in [1.807, 2.05) is 55.5 Å². The fraction of sp³-hybridized carbons (Fsp3) is 0.118. The van der Waals surface area contributed by atoms with E-state index in [1.54, 1.807) is 12.1 Å². The number of carbonyl (C=O) groups excluding carboxylic acids is 1. The summed E-state index contributed by atoms with van der Waals surface area (Å²) in [5.41, 5.74) is 1.88. The maximum Gasteiger partial charge on any atom is 0.261 e. The Morgan fingerprint density at radius 2 is 1.71 bits per heavy atom. The van der Waals surface area contributed by atoms with Gasteiger partial charge in [-0.05, 0) is 30.2 Å². The van der Waals surface area contributed by atoms with Crippen LogP contribution in [0.5, 0.6) is 0 Å². The number of benzene rings is 2. The minimum absolute atomic E-state index is 0.125. The molecule has 0 radical (unpaired) electrons. The van der Waals surface area contributed by atoms with Crippen molar-refractivity contribution < 1.29 is 9.00 Å². The Morgan fingerprint density at radius 1 is 1.05 bits per heavy atom. The number of rotatable bonds is 3. The van der Waals surface area contributed by atoms with Gasteiger partial charge in [0, 0.05) is 0 Å². The second kappa shape index (κ2) is 5.66. The predicted octanol–water partition coefficient (Wildman–Crippen LogP) is 3.03. The first-order chi connectivity index (χ1) is 10.2. The molecular formula is C17H15NO2S. The normalized spacial score (nSPS) is 17.8. The molecule has 1 aliphatic rings. The Balaban J connectivity index is 1.77. The van der Waals surface area contributed by atoms with Crippen LogP contribution in [0.2, 0.25) is 0 Å². The average molecular weight is 297 g/mol. The highest BCUT2D eigenvalue weighted by molar-refractivity contribution is 7.90. The first-order valence-corrected chi connectivity index (χ1v) is 7.90. The van der Waals surface area contributed by atoms with E-state index in [2.05, 4.69) is 5.32 Å². The summed E-state index contributed by atoms with van der Waals surface area (Å²) in [6.45, 7) is 1.92. The van der Waals surface area contributed by atoms with Gasteiger partial charge in [0.15, 0.2) is 0 Å². The zero-order chi connectivity index (χ0) is 14.8. The molecule has 4 heteroatoms. The molecule has 3 nitrogen and oxygen atoms in total. The smallest absolute Gasteiger partial charge is 0.261 e. The Labute approximate surface area is 126 Å². The Kier molecular flexibility index (Phi) is 3.71. The van der Waals surface area contributed by atoms with Crippen molar-refractivity contribution in [2.75, 3.05) is 0 Å². The van der Waals surface area contributed by atoms with Crippen LogP contribution in [0.3, 0.4) is 0 Å². The van der Waals surface area contributed by atoms with Crippen LogP contribution in [0.15, 0.2) is 64.4 Å². The molecule has 0 aromatic heterocycles. The third-order valence-electron chi connectivity index (χ3n) is 3.48. The van der Waals surface area contributed by atoms with Gasteiger partial charge in [0.2, 0.25) is 0 Å². The van der Waals surface area contributed by atoms with Gasteiger partial charge in [-0.2, -0.15) is 0 Å². The first kappa shape index (κ1) is 13.8. The third kappa shape index (κ3) is 2.67. The second-order valence-electron chi connectivity index (χ2n) is 4.92. The maximum atomic E-state index is 12.3. The van der Waals surface area contributed by atoms with E-state index in [0.29, 0.717) is 9.80 Å². The average Bonchev–Trinajstić information content (AvgIpc) is 2.86. The summed E-state index contributed by atoms with van der Waals surface area (Å²) in [4.78, 5) is 13.4. The molecule has 0 saturated carbocycles. The lowest BCUT2D eigenvalue weighted by Crippen LogP contribution is -2.28. The van der Waals surface area contributed by atoms with E-state index < -0.39 is 10.8 Å². The molecule has 106 valence electrons. The largest absolute Gasteiger partial charge is 0.345 e. The lowest BCUT2D eigenvalue weighted by molar-refractivity contribution is -0.117. The molecule has 2 atom stereocenters. The van der Waals surface area contributed by atoms with Crippen LogP contribution in [-0.2, 0) is 15.6 Å². The molecule has 2 aromatic carbocycles. The molecule has 0 spiro atoms. The molecule has 0 saturated heterocycles. The van der Waals surface area contributed by atoms with Gasteiger partial charge in [0.25, 0.3) is 5.91 Å². The summed E-state index contributed by atoms with van der Waals surface area (Å²) < 4.78 is 12.3. The van der Waals surface area contributed by atoms with Gasteiger partial charge >= 0.3 is 0 Å². The van der Waals surface area contributed by atoms with Gasteiger partial charge in [0.05, 0.1) is 21.7 Å². The Hall–Kier alpha value is -2.20. The van der Waals surface area contributed by atoms with Crippen molar-refractivity contribution >= 4 is 22.8 Å². The molecule has 0 aliphatic carbocycles. The molecule has 1 N–H and O–H groups in total. The topological polar surface area (TPSA) is 46.2 Å². The van der Waals surface area contributed by atoms with E-state index in [-0.39, 0.29) is 11.9 Å². The van der Waals surface area contributed by atoms with Crippen molar-refractivity contribution in [3.63, 3.8) is 0 Å². The highest BCUT2D eigenvalue weighted by Gasteiger charge is 2.26. The molecule has 2 aromatic rings. The fourth-order valence-corrected chi connectivity index (χ4v) is 3.57. The van der Waals surface area contributed by atoms with Crippen LogP contribution in [0, 0.1) is 0 Å². The van der Waals surface area contributed by atoms with Crippen molar-refractivity contribution in [2.45, 2.75) is 17.9 Å². The SMILES string of the molecule is CC(NC(=O)C1=Cc2ccccc2S1=O)c1ccccc1. The van der Waals surface area contributed by atoms with E-state index in [4.69, 9.17) is 0 Å². The van der Waals surface area contributed by atoms with Crippen molar-refractivity contribution in [3.05, 3.63) is 70.6 Å². The summed E-state index contributed by atoms with van der Waals surface area (Å²) in [5, 5.41) is 2.90. The molecule has 1 amide bonds. The van der Waals surface area contributed by atoms with E-state index in [9.17, 15) is 9.00 Å². The minimum atomic E-state index is -1.39. The summed E-state index contributed by atoms with van der Waals surface area (Å²) in [6.07, 6.45) is 1.71. The second-order valence-corrected chi connectivity index (χ2v) is 6.34. The molecular weight excluding hydrogens is 282 g/mol. The highest BCUT2D eigenvalue weighted by Crippen LogP contribution is 2.29. The minimum Gasteiger partial charge on any atom is -0.345 e. The van der Waals surface area contributed by atoms with Crippen LogP contribution in [0.4, 0.5) is 0 Å². The van der Waals surface area contributed by atoms with Gasteiger partial charge in [-0.1, -0.05) is 48.5 Å². The molecule has 3 rings (SSSR count). The molecule has 21 heavy (non-hydrogen) atoms. The van der Waals surface area contributed by atoms with E-state index >= 15 is 0 Å². The Morgan fingerprint density at radius 3 is 2.43 bits per heavy atom. The van der Waals surface area contributed by atoms with Crippen LogP contribution < -0.4 is 5.32 Å². The van der Waals surface area contributed by atoms with Crippen LogP contribution in [0.1, 0.15) is 24.1 Å². The molecule has 1 heterocycles. The number of hydrogen-bond donors (Lipinski definition) is 1. The molecule has 2 unspecified atom stereocenters.